The SMILES string of the molecule is C[C@@H](C(=O)N(C)[C@@H]1CCS(=O)(=O)C1)[NH+]1CCN(c2cccc(Cl)c2)CC1. The van der Waals surface area contributed by atoms with E-state index in [0.717, 1.165) is 36.9 Å². The molecule has 26 heavy (non-hydrogen) atoms. The maximum Gasteiger partial charge on any atom is 0.280 e. The van der Waals surface area contributed by atoms with E-state index in [1.165, 1.54) is 4.90 Å². The van der Waals surface area contributed by atoms with Crippen LogP contribution in [0.15, 0.2) is 24.3 Å². The van der Waals surface area contributed by atoms with Crippen LogP contribution >= 0.6 is 11.6 Å². The fourth-order valence-electron chi connectivity index (χ4n) is 3.90. The summed E-state index contributed by atoms with van der Waals surface area (Å²) in [7, 11) is -1.24. The number of piperazine rings is 1. The van der Waals surface area contributed by atoms with Crippen LogP contribution in [-0.4, -0.2) is 76.0 Å². The second-order valence-electron chi connectivity index (χ2n) is 7.35. The summed E-state index contributed by atoms with van der Waals surface area (Å²) < 4.78 is 23.4. The average molecular weight is 401 g/mol. The number of benzene rings is 1. The summed E-state index contributed by atoms with van der Waals surface area (Å²) in [5.41, 5.74) is 1.11. The molecule has 1 N–H and O–H groups in total. The third-order valence-electron chi connectivity index (χ3n) is 5.67. The lowest BCUT2D eigenvalue weighted by Crippen LogP contribution is -3.19. The molecule has 0 saturated carbocycles. The third-order valence-corrected chi connectivity index (χ3v) is 7.65. The number of sulfone groups is 1. The van der Waals surface area contributed by atoms with Gasteiger partial charge in [-0.15, -0.1) is 0 Å². The van der Waals surface area contributed by atoms with Crippen LogP contribution in [0.5, 0.6) is 0 Å². The van der Waals surface area contributed by atoms with Crippen molar-refractivity contribution in [2.75, 3.05) is 49.6 Å². The molecule has 2 atom stereocenters. The molecule has 6 nitrogen and oxygen atoms in total. The first-order valence-corrected chi connectivity index (χ1v) is 11.3. The summed E-state index contributed by atoms with van der Waals surface area (Å²) in [5, 5.41) is 0.731. The number of nitrogens with zero attached hydrogens (tertiary/aromatic N) is 2. The van der Waals surface area contributed by atoms with Gasteiger partial charge in [0.2, 0.25) is 0 Å². The fourth-order valence-corrected chi connectivity index (χ4v) is 5.86. The molecule has 2 fully saturated rings. The van der Waals surface area contributed by atoms with E-state index in [4.69, 9.17) is 11.6 Å². The molecule has 2 aliphatic rings. The Morgan fingerprint density at radius 3 is 2.62 bits per heavy atom. The van der Waals surface area contributed by atoms with E-state index in [-0.39, 0.29) is 29.5 Å². The lowest BCUT2D eigenvalue weighted by Gasteiger charge is -2.37. The van der Waals surface area contributed by atoms with E-state index in [9.17, 15) is 13.2 Å². The van der Waals surface area contributed by atoms with Gasteiger partial charge in [0.25, 0.3) is 5.91 Å². The molecule has 1 aromatic carbocycles. The van der Waals surface area contributed by atoms with Crippen molar-refractivity contribution in [3.05, 3.63) is 29.3 Å². The number of carbonyl (C=O) groups is 1. The van der Waals surface area contributed by atoms with Crippen molar-refractivity contribution in [2.24, 2.45) is 0 Å². The zero-order chi connectivity index (χ0) is 18.9. The summed E-state index contributed by atoms with van der Waals surface area (Å²) in [6.45, 7) is 5.43. The highest BCUT2D eigenvalue weighted by Crippen LogP contribution is 2.19. The Bertz CT molecular complexity index is 763. The highest BCUT2D eigenvalue weighted by Gasteiger charge is 2.37. The summed E-state index contributed by atoms with van der Waals surface area (Å²) in [5.74, 6) is 0.326. The van der Waals surface area contributed by atoms with Crippen LogP contribution < -0.4 is 9.80 Å². The van der Waals surface area contributed by atoms with Crippen LogP contribution in [0.2, 0.25) is 5.02 Å². The second kappa shape index (κ2) is 7.74. The Morgan fingerprint density at radius 2 is 2.04 bits per heavy atom. The first-order valence-electron chi connectivity index (χ1n) is 9.09. The van der Waals surface area contributed by atoms with E-state index in [0.29, 0.717) is 6.42 Å². The Balaban J connectivity index is 1.56. The highest BCUT2D eigenvalue weighted by molar-refractivity contribution is 7.91. The Morgan fingerprint density at radius 1 is 1.35 bits per heavy atom. The number of anilines is 1. The van der Waals surface area contributed by atoms with Crippen molar-refractivity contribution < 1.29 is 18.1 Å². The van der Waals surface area contributed by atoms with Crippen molar-refractivity contribution in [2.45, 2.75) is 25.4 Å². The van der Waals surface area contributed by atoms with Crippen LogP contribution in [0.4, 0.5) is 5.69 Å². The lowest BCUT2D eigenvalue weighted by atomic mass is 10.1. The van der Waals surface area contributed by atoms with E-state index in [1.807, 2.05) is 25.1 Å². The molecule has 2 heterocycles. The largest absolute Gasteiger partial charge is 0.360 e. The standard InChI is InChI=1S/C18H26ClN3O3S/c1-14(18(23)20(2)17-6-11-26(24,25)13-17)21-7-9-22(10-8-21)16-5-3-4-15(19)12-16/h3-5,12,14,17H,6-11,13H2,1-2H3/p+1/t14-,17+/m0/s1. The van der Waals surface area contributed by atoms with Crippen LogP contribution in [-0.2, 0) is 14.6 Å². The molecule has 2 aliphatic heterocycles. The van der Waals surface area contributed by atoms with Gasteiger partial charge >= 0.3 is 0 Å². The summed E-state index contributed by atoms with van der Waals surface area (Å²) in [6, 6.07) is 7.50. The fraction of sp³-hybridized carbons (Fsp3) is 0.611. The summed E-state index contributed by atoms with van der Waals surface area (Å²) >= 11 is 6.08. The number of carbonyl (C=O) groups excluding carboxylic acids is 1. The smallest absolute Gasteiger partial charge is 0.280 e. The minimum Gasteiger partial charge on any atom is -0.360 e. The van der Waals surface area contributed by atoms with Crippen molar-refractivity contribution in [3.63, 3.8) is 0 Å². The molecule has 1 aromatic rings. The van der Waals surface area contributed by atoms with Crippen molar-refractivity contribution in [3.8, 4) is 0 Å². The topological polar surface area (TPSA) is 62.1 Å². The van der Waals surface area contributed by atoms with Gasteiger partial charge in [-0.1, -0.05) is 17.7 Å². The van der Waals surface area contributed by atoms with Gasteiger partial charge in [0.1, 0.15) is 0 Å². The van der Waals surface area contributed by atoms with Crippen LogP contribution in [0.1, 0.15) is 13.3 Å². The number of quaternary nitrogens is 1. The molecule has 0 radical (unpaired) electrons. The predicted octanol–water partition coefficient (Wildman–Crippen LogP) is 0.0789. The Kier molecular flexibility index (Phi) is 5.79. The minimum absolute atomic E-state index is 0.0401. The lowest BCUT2D eigenvalue weighted by molar-refractivity contribution is -0.915. The van der Waals surface area contributed by atoms with Crippen molar-refractivity contribution in [1.29, 1.82) is 0 Å². The van der Waals surface area contributed by atoms with Gasteiger partial charge in [0.05, 0.1) is 37.7 Å². The molecule has 144 valence electrons. The van der Waals surface area contributed by atoms with Gasteiger partial charge in [0, 0.05) is 23.8 Å². The van der Waals surface area contributed by atoms with E-state index >= 15 is 0 Å². The van der Waals surface area contributed by atoms with Gasteiger partial charge in [-0.3, -0.25) is 4.79 Å². The normalized spacial score (nSPS) is 24.4. The first-order chi connectivity index (χ1) is 12.3. The number of halogens is 1. The molecular formula is C18H27ClN3O3S+. The number of rotatable bonds is 4. The first kappa shape index (κ1) is 19.5. The molecule has 1 amide bonds. The summed E-state index contributed by atoms with van der Waals surface area (Å²) in [6.07, 6.45) is 0.551. The van der Waals surface area contributed by atoms with Crippen LogP contribution in [0.3, 0.4) is 0 Å². The molecule has 0 aromatic heterocycles. The monoisotopic (exact) mass is 400 g/mol. The minimum atomic E-state index is -2.98. The average Bonchev–Trinajstić information content (AvgIpc) is 3.00. The molecule has 8 heteroatoms. The van der Waals surface area contributed by atoms with Crippen LogP contribution in [0, 0.1) is 0 Å². The van der Waals surface area contributed by atoms with Gasteiger partial charge in [-0.2, -0.15) is 0 Å². The Hall–Kier alpha value is -1.31. The zero-order valence-electron chi connectivity index (χ0n) is 15.3. The van der Waals surface area contributed by atoms with Crippen LogP contribution in [0.25, 0.3) is 0 Å². The maximum absolute atomic E-state index is 12.8. The number of amides is 1. The number of likely N-dealkylation sites (N-methyl/N-ethyl adjacent to an activating group) is 1. The molecule has 3 rings (SSSR count). The second-order valence-corrected chi connectivity index (χ2v) is 10.0. The molecule has 0 spiro atoms. The molecule has 0 aliphatic carbocycles. The van der Waals surface area contributed by atoms with Gasteiger partial charge in [-0.05, 0) is 31.5 Å². The van der Waals surface area contributed by atoms with Crippen molar-refractivity contribution in [1.82, 2.24) is 4.90 Å². The zero-order valence-corrected chi connectivity index (χ0v) is 16.9. The Labute approximate surface area is 160 Å². The number of hydrogen-bond acceptors (Lipinski definition) is 4. The molecular weight excluding hydrogens is 374 g/mol. The van der Waals surface area contributed by atoms with E-state index in [1.54, 1.807) is 11.9 Å². The highest BCUT2D eigenvalue weighted by atomic mass is 35.5. The van der Waals surface area contributed by atoms with E-state index in [2.05, 4.69) is 11.0 Å². The molecule has 0 bridgehead atoms. The quantitative estimate of drug-likeness (QED) is 0.777. The van der Waals surface area contributed by atoms with Gasteiger partial charge < -0.3 is 14.7 Å². The van der Waals surface area contributed by atoms with Gasteiger partial charge in [-0.25, -0.2) is 8.42 Å². The number of nitrogens with one attached hydrogen (secondary N) is 1. The number of hydrogen-bond donors (Lipinski definition) is 1. The summed E-state index contributed by atoms with van der Waals surface area (Å²) in [4.78, 5) is 18.0. The predicted molar refractivity (Wildman–Crippen MR) is 104 cm³/mol. The van der Waals surface area contributed by atoms with Gasteiger partial charge in [0.15, 0.2) is 15.9 Å². The van der Waals surface area contributed by atoms with E-state index < -0.39 is 9.84 Å². The molecule has 0 unspecified atom stereocenters. The van der Waals surface area contributed by atoms with Crippen molar-refractivity contribution >= 4 is 33.0 Å². The maximum atomic E-state index is 12.8. The molecule has 2 saturated heterocycles. The third kappa shape index (κ3) is 4.32.